The molecule has 0 aliphatic carbocycles. The Morgan fingerprint density at radius 3 is 2.36 bits per heavy atom. The molecule has 0 aliphatic rings. The maximum absolute atomic E-state index is 12.3. The van der Waals surface area contributed by atoms with E-state index in [1.807, 2.05) is 10.8 Å². The fourth-order valence-electron chi connectivity index (χ4n) is 2.82. The molecule has 0 bridgehead atoms. The number of imidazole rings is 1. The standard InChI is InChI=1S/C21H22N4O2S/c1-14-4-9-19(15(2)12-14)25-11-10-22-21(25)28-13-20(27)24-18-7-5-17(6-8-18)23-16(3)26/h4-12H,13H2,1-3H3,(H,23,26)(H,24,27). The van der Waals surface area contributed by atoms with Crippen LogP contribution in [0.3, 0.4) is 0 Å². The Bertz CT molecular complexity index is 996. The van der Waals surface area contributed by atoms with Crippen molar-refractivity contribution in [1.29, 1.82) is 0 Å². The summed E-state index contributed by atoms with van der Waals surface area (Å²) in [4.78, 5) is 27.7. The molecule has 0 spiro atoms. The average Bonchev–Trinajstić information content (AvgIpc) is 3.09. The van der Waals surface area contributed by atoms with E-state index in [0.29, 0.717) is 11.4 Å². The van der Waals surface area contributed by atoms with Crippen LogP contribution in [-0.2, 0) is 9.59 Å². The van der Waals surface area contributed by atoms with Gasteiger partial charge in [-0.05, 0) is 49.7 Å². The number of thioether (sulfide) groups is 1. The zero-order valence-electron chi connectivity index (χ0n) is 16.0. The molecule has 7 heteroatoms. The van der Waals surface area contributed by atoms with Gasteiger partial charge in [0, 0.05) is 30.7 Å². The molecule has 0 saturated carbocycles. The Hall–Kier alpha value is -3.06. The maximum Gasteiger partial charge on any atom is 0.234 e. The lowest BCUT2D eigenvalue weighted by Crippen LogP contribution is -2.14. The highest BCUT2D eigenvalue weighted by atomic mass is 32.2. The van der Waals surface area contributed by atoms with E-state index in [0.717, 1.165) is 16.4 Å². The summed E-state index contributed by atoms with van der Waals surface area (Å²) in [6, 6.07) is 13.3. The lowest BCUT2D eigenvalue weighted by Gasteiger charge is -2.11. The summed E-state index contributed by atoms with van der Waals surface area (Å²) in [5.74, 6) is -0.00463. The van der Waals surface area contributed by atoms with Crippen LogP contribution in [0.25, 0.3) is 5.69 Å². The van der Waals surface area contributed by atoms with Crippen LogP contribution in [0.5, 0.6) is 0 Å². The van der Waals surface area contributed by atoms with Crippen LogP contribution in [0, 0.1) is 13.8 Å². The number of nitrogens with one attached hydrogen (secondary N) is 2. The Balaban J connectivity index is 1.61. The molecular formula is C21H22N4O2S. The minimum atomic E-state index is -0.132. The van der Waals surface area contributed by atoms with Gasteiger partial charge in [0.1, 0.15) is 0 Å². The van der Waals surface area contributed by atoms with Gasteiger partial charge >= 0.3 is 0 Å². The van der Waals surface area contributed by atoms with Gasteiger partial charge in [-0.3, -0.25) is 14.2 Å². The monoisotopic (exact) mass is 394 g/mol. The van der Waals surface area contributed by atoms with E-state index in [-0.39, 0.29) is 17.6 Å². The summed E-state index contributed by atoms with van der Waals surface area (Å²) >= 11 is 1.38. The van der Waals surface area contributed by atoms with Gasteiger partial charge in [-0.15, -0.1) is 0 Å². The molecule has 3 aromatic rings. The van der Waals surface area contributed by atoms with Gasteiger partial charge in [0.2, 0.25) is 11.8 Å². The number of carbonyl (C=O) groups is 2. The van der Waals surface area contributed by atoms with Gasteiger partial charge in [0.25, 0.3) is 0 Å². The number of hydrogen-bond acceptors (Lipinski definition) is 4. The second-order valence-electron chi connectivity index (χ2n) is 6.47. The van der Waals surface area contributed by atoms with Crippen LogP contribution in [0.1, 0.15) is 18.1 Å². The summed E-state index contributed by atoms with van der Waals surface area (Å²) < 4.78 is 1.99. The normalized spacial score (nSPS) is 10.5. The Kier molecular flexibility index (Phi) is 6.16. The Morgan fingerprint density at radius 1 is 1.04 bits per heavy atom. The van der Waals surface area contributed by atoms with Gasteiger partial charge in [-0.25, -0.2) is 4.98 Å². The fourth-order valence-corrected chi connectivity index (χ4v) is 3.59. The van der Waals surface area contributed by atoms with Gasteiger partial charge < -0.3 is 10.6 Å². The third-order valence-corrected chi connectivity index (χ3v) is 5.01. The maximum atomic E-state index is 12.3. The molecule has 2 N–H and O–H groups in total. The van der Waals surface area contributed by atoms with Crippen LogP contribution in [0.2, 0.25) is 0 Å². The number of nitrogens with zero attached hydrogens (tertiary/aromatic N) is 2. The smallest absolute Gasteiger partial charge is 0.234 e. The molecule has 0 aliphatic heterocycles. The number of anilines is 2. The molecule has 0 atom stereocenters. The average molecular weight is 395 g/mol. The molecule has 0 saturated heterocycles. The number of rotatable bonds is 6. The summed E-state index contributed by atoms with van der Waals surface area (Å²) in [6.07, 6.45) is 3.64. The minimum Gasteiger partial charge on any atom is -0.326 e. The second-order valence-corrected chi connectivity index (χ2v) is 7.41. The third kappa shape index (κ3) is 5.01. The quantitative estimate of drug-likeness (QED) is 0.615. The molecule has 1 heterocycles. The van der Waals surface area contributed by atoms with Crippen LogP contribution in [0.4, 0.5) is 11.4 Å². The van der Waals surface area contributed by atoms with Crippen LogP contribution < -0.4 is 10.6 Å². The topological polar surface area (TPSA) is 76.0 Å². The summed E-state index contributed by atoms with van der Waals surface area (Å²) in [7, 11) is 0. The first kappa shape index (κ1) is 19.7. The molecule has 2 aromatic carbocycles. The molecule has 0 unspecified atom stereocenters. The van der Waals surface area contributed by atoms with Crippen molar-refractivity contribution in [3.63, 3.8) is 0 Å². The van der Waals surface area contributed by atoms with E-state index in [1.54, 1.807) is 30.5 Å². The number of carbonyl (C=O) groups excluding carboxylic acids is 2. The van der Waals surface area contributed by atoms with E-state index in [2.05, 4.69) is 47.7 Å². The first-order valence-electron chi connectivity index (χ1n) is 8.83. The van der Waals surface area contributed by atoms with E-state index >= 15 is 0 Å². The number of aromatic nitrogens is 2. The van der Waals surface area contributed by atoms with Crippen molar-refractivity contribution in [3.8, 4) is 5.69 Å². The van der Waals surface area contributed by atoms with Gasteiger partial charge in [0.15, 0.2) is 5.16 Å². The highest BCUT2D eigenvalue weighted by Gasteiger charge is 2.11. The predicted octanol–water partition coefficient (Wildman–Crippen LogP) is 4.18. The zero-order valence-corrected chi connectivity index (χ0v) is 16.8. The van der Waals surface area contributed by atoms with Crippen molar-refractivity contribution in [1.82, 2.24) is 9.55 Å². The summed E-state index contributed by atoms with van der Waals surface area (Å²) in [5, 5.41) is 6.31. The molecular weight excluding hydrogens is 372 g/mol. The van der Waals surface area contributed by atoms with Crippen molar-refractivity contribution in [2.24, 2.45) is 0 Å². The first-order chi connectivity index (χ1) is 13.4. The SMILES string of the molecule is CC(=O)Nc1ccc(NC(=O)CSc2nccn2-c2ccc(C)cc2C)cc1. The van der Waals surface area contributed by atoms with Gasteiger partial charge in [-0.1, -0.05) is 29.5 Å². The number of aryl methyl sites for hydroxylation is 2. The van der Waals surface area contributed by atoms with Gasteiger partial charge in [0.05, 0.1) is 11.4 Å². The van der Waals surface area contributed by atoms with Crippen molar-refractivity contribution in [2.45, 2.75) is 25.9 Å². The fraction of sp³-hybridized carbons (Fsp3) is 0.190. The molecule has 0 fully saturated rings. The zero-order chi connectivity index (χ0) is 20.1. The van der Waals surface area contributed by atoms with E-state index in [1.165, 1.54) is 24.2 Å². The number of benzene rings is 2. The lowest BCUT2D eigenvalue weighted by atomic mass is 10.1. The van der Waals surface area contributed by atoms with Crippen LogP contribution in [0.15, 0.2) is 60.0 Å². The van der Waals surface area contributed by atoms with Crippen molar-refractivity contribution < 1.29 is 9.59 Å². The lowest BCUT2D eigenvalue weighted by molar-refractivity contribution is -0.114. The minimum absolute atomic E-state index is 0.118. The van der Waals surface area contributed by atoms with Crippen molar-refractivity contribution in [2.75, 3.05) is 16.4 Å². The molecule has 144 valence electrons. The number of hydrogen-bond donors (Lipinski definition) is 2. The van der Waals surface area contributed by atoms with Crippen molar-refractivity contribution >= 4 is 35.0 Å². The van der Waals surface area contributed by atoms with E-state index in [4.69, 9.17) is 0 Å². The van der Waals surface area contributed by atoms with Crippen molar-refractivity contribution in [3.05, 3.63) is 66.0 Å². The van der Waals surface area contributed by atoms with E-state index in [9.17, 15) is 9.59 Å². The Morgan fingerprint density at radius 2 is 1.71 bits per heavy atom. The molecule has 6 nitrogen and oxygen atoms in total. The predicted molar refractivity (Wildman–Crippen MR) is 113 cm³/mol. The molecule has 1 aromatic heterocycles. The summed E-state index contributed by atoms with van der Waals surface area (Å²) in [5.41, 5.74) is 4.79. The molecule has 2 amide bonds. The molecule has 3 rings (SSSR count). The van der Waals surface area contributed by atoms with Crippen LogP contribution in [-0.4, -0.2) is 27.1 Å². The largest absolute Gasteiger partial charge is 0.326 e. The highest BCUT2D eigenvalue weighted by molar-refractivity contribution is 7.99. The molecule has 28 heavy (non-hydrogen) atoms. The second kappa shape index (κ2) is 8.75. The first-order valence-corrected chi connectivity index (χ1v) is 9.82. The third-order valence-electron chi connectivity index (χ3n) is 4.04. The number of amides is 2. The highest BCUT2D eigenvalue weighted by Crippen LogP contribution is 2.23. The van der Waals surface area contributed by atoms with E-state index < -0.39 is 0 Å². The summed E-state index contributed by atoms with van der Waals surface area (Å²) in [6.45, 7) is 5.58. The Labute approximate surface area is 168 Å². The van der Waals surface area contributed by atoms with Crippen LogP contribution >= 0.6 is 11.8 Å². The van der Waals surface area contributed by atoms with Gasteiger partial charge in [-0.2, -0.15) is 0 Å². The molecule has 0 radical (unpaired) electrons.